The van der Waals surface area contributed by atoms with Crippen LogP contribution >= 0.6 is 0 Å². The molecule has 0 aliphatic carbocycles. The van der Waals surface area contributed by atoms with Crippen molar-refractivity contribution >= 4 is 23.4 Å². The van der Waals surface area contributed by atoms with Crippen molar-refractivity contribution in [2.75, 3.05) is 52.0 Å². The fourth-order valence-electron chi connectivity index (χ4n) is 3.70. The molecule has 1 aliphatic heterocycles. The van der Waals surface area contributed by atoms with Gasteiger partial charge in [-0.15, -0.1) is 0 Å². The number of nitrogens with zero attached hydrogens (tertiary/aromatic N) is 6. The number of hydrogen-bond donors (Lipinski definition) is 2. The van der Waals surface area contributed by atoms with Gasteiger partial charge < -0.3 is 25.2 Å². The van der Waals surface area contributed by atoms with E-state index in [0.29, 0.717) is 34.6 Å². The van der Waals surface area contributed by atoms with Crippen LogP contribution in [0.15, 0.2) is 42.6 Å². The number of methoxy groups -OCH3 is 1. The van der Waals surface area contributed by atoms with E-state index in [0.717, 1.165) is 24.3 Å². The first-order valence-corrected chi connectivity index (χ1v) is 10.7. The van der Waals surface area contributed by atoms with Crippen molar-refractivity contribution in [3.8, 4) is 23.2 Å². The standard InChI is InChI=1S/C24H26N8O2/c1-31(2)23(33)18-6-8-21(29-22(18)34-4)30-24-26-10-9-20(28-24)15-5-7-19(16(11-15)12-25)27-17-13-32(3)14-17/h5-11,17,27H,13-14H2,1-4H3,(H,26,28,29,30). The first-order chi connectivity index (χ1) is 16.4. The van der Waals surface area contributed by atoms with Crippen molar-refractivity contribution in [1.29, 1.82) is 5.26 Å². The van der Waals surface area contributed by atoms with E-state index in [-0.39, 0.29) is 11.8 Å². The molecule has 3 heterocycles. The van der Waals surface area contributed by atoms with Gasteiger partial charge in [-0.3, -0.25) is 4.79 Å². The lowest BCUT2D eigenvalue weighted by Crippen LogP contribution is -2.52. The second-order valence-corrected chi connectivity index (χ2v) is 8.28. The highest BCUT2D eigenvalue weighted by atomic mass is 16.5. The van der Waals surface area contributed by atoms with Gasteiger partial charge in [-0.25, -0.2) is 9.97 Å². The van der Waals surface area contributed by atoms with E-state index < -0.39 is 0 Å². The fraction of sp³-hybridized carbons (Fsp3) is 0.292. The first kappa shape index (κ1) is 22.9. The SMILES string of the molecule is COc1nc(Nc2nccc(-c3ccc(NC4CN(C)C4)c(C#N)c3)n2)ccc1C(=O)N(C)C. The number of aromatic nitrogens is 3. The van der Waals surface area contributed by atoms with E-state index in [1.807, 2.05) is 18.2 Å². The average Bonchev–Trinajstić information content (AvgIpc) is 2.82. The summed E-state index contributed by atoms with van der Waals surface area (Å²) < 4.78 is 5.29. The number of rotatable bonds is 7. The van der Waals surface area contributed by atoms with E-state index >= 15 is 0 Å². The minimum atomic E-state index is -0.204. The van der Waals surface area contributed by atoms with E-state index in [9.17, 15) is 10.1 Å². The molecule has 34 heavy (non-hydrogen) atoms. The molecule has 2 N–H and O–H groups in total. The van der Waals surface area contributed by atoms with Crippen molar-refractivity contribution in [2.45, 2.75) is 6.04 Å². The highest BCUT2D eigenvalue weighted by Gasteiger charge is 2.23. The van der Waals surface area contributed by atoms with Crippen molar-refractivity contribution < 1.29 is 9.53 Å². The van der Waals surface area contributed by atoms with Crippen LogP contribution in [0.25, 0.3) is 11.3 Å². The summed E-state index contributed by atoms with van der Waals surface area (Å²) >= 11 is 0. The van der Waals surface area contributed by atoms with Gasteiger partial charge >= 0.3 is 0 Å². The Labute approximate surface area is 198 Å². The number of pyridine rings is 1. The second-order valence-electron chi connectivity index (χ2n) is 8.28. The summed E-state index contributed by atoms with van der Waals surface area (Å²) in [6.45, 7) is 1.91. The summed E-state index contributed by atoms with van der Waals surface area (Å²) in [7, 11) is 6.86. The Morgan fingerprint density at radius 2 is 2.00 bits per heavy atom. The number of carbonyl (C=O) groups is 1. The van der Waals surface area contributed by atoms with Crippen LogP contribution in [0.4, 0.5) is 17.5 Å². The molecule has 0 radical (unpaired) electrons. The number of nitriles is 1. The van der Waals surface area contributed by atoms with Gasteiger partial charge in [0.25, 0.3) is 5.91 Å². The van der Waals surface area contributed by atoms with Crippen molar-refractivity contribution in [3.05, 3.63) is 53.7 Å². The Kier molecular flexibility index (Phi) is 6.56. The van der Waals surface area contributed by atoms with Gasteiger partial charge in [-0.1, -0.05) is 6.07 Å². The van der Waals surface area contributed by atoms with E-state index in [4.69, 9.17) is 4.74 Å². The number of likely N-dealkylation sites (N-methyl/N-ethyl adjacent to an activating group) is 1. The molecule has 0 unspecified atom stereocenters. The topological polar surface area (TPSA) is 119 Å². The zero-order chi connectivity index (χ0) is 24.2. The molecule has 3 aromatic rings. The van der Waals surface area contributed by atoms with Crippen LogP contribution in [0.2, 0.25) is 0 Å². The van der Waals surface area contributed by atoms with Gasteiger partial charge in [0.2, 0.25) is 11.8 Å². The van der Waals surface area contributed by atoms with Gasteiger partial charge in [0.15, 0.2) is 0 Å². The van der Waals surface area contributed by atoms with Crippen LogP contribution in [-0.2, 0) is 0 Å². The molecule has 174 valence electrons. The predicted molar refractivity (Wildman–Crippen MR) is 129 cm³/mol. The van der Waals surface area contributed by atoms with Gasteiger partial charge in [0, 0.05) is 38.9 Å². The molecule has 0 saturated carbocycles. The Morgan fingerprint density at radius 3 is 2.68 bits per heavy atom. The summed E-state index contributed by atoms with van der Waals surface area (Å²) in [6, 6.07) is 13.4. The van der Waals surface area contributed by atoms with Gasteiger partial charge in [0.1, 0.15) is 17.5 Å². The maximum absolute atomic E-state index is 12.3. The van der Waals surface area contributed by atoms with E-state index in [1.165, 1.54) is 12.0 Å². The third-order valence-corrected chi connectivity index (χ3v) is 5.45. The van der Waals surface area contributed by atoms with Crippen LogP contribution in [0, 0.1) is 11.3 Å². The van der Waals surface area contributed by atoms with Crippen LogP contribution in [0.5, 0.6) is 5.88 Å². The number of nitrogens with one attached hydrogen (secondary N) is 2. The van der Waals surface area contributed by atoms with Crippen LogP contribution in [-0.4, -0.2) is 78.0 Å². The number of carbonyl (C=O) groups excluding carboxylic acids is 1. The van der Waals surface area contributed by atoms with Gasteiger partial charge in [0.05, 0.1) is 30.1 Å². The molecule has 0 atom stereocenters. The summed E-state index contributed by atoms with van der Waals surface area (Å²) in [5.74, 6) is 0.771. The van der Waals surface area contributed by atoms with Crippen LogP contribution in [0.3, 0.4) is 0 Å². The maximum Gasteiger partial charge on any atom is 0.258 e. The van der Waals surface area contributed by atoms with Crippen molar-refractivity contribution in [1.82, 2.24) is 24.8 Å². The number of benzene rings is 1. The van der Waals surface area contributed by atoms with Crippen LogP contribution < -0.4 is 15.4 Å². The Hall–Kier alpha value is -4.23. The molecular formula is C24H26N8O2. The predicted octanol–water partition coefficient (Wildman–Crippen LogP) is 2.59. The smallest absolute Gasteiger partial charge is 0.258 e. The number of amides is 1. The van der Waals surface area contributed by atoms with Gasteiger partial charge in [-0.05, 0) is 37.4 Å². The summed E-state index contributed by atoms with van der Waals surface area (Å²) in [6.07, 6.45) is 1.63. The molecule has 10 nitrogen and oxygen atoms in total. The minimum absolute atomic E-state index is 0.204. The molecule has 1 aliphatic rings. The molecule has 1 saturated heterocycles. The largest absolute Gasteiger partial charge is 0.480 e. The zero-order valence-corrected chi connectivity index (χ0v) is 19.5. The number of anilines is 3. The molecule has 4 rings (SSSR count). The van der Waals surface area contributed by atoms with E-state index in [1.54, 1.807) is 38.5 Å². The maximum atomic E-state index is 12.3. The third-order valence-electron chi connectivity index (χ3n) is 5.45. The molecule has 1 amide bonds. The lowest BCUT2D eigenvalue weighted by molar-refractivity contribution is 0.0823. The highest BCUT2D eigenvalue weighted by Crippen LogP contribution is 2.27. The lowest BCUT2D eigenvalue weighted by atomic mass is 10.0. The molecule has 0 spiro atoms. The summed E-state index contributed by atoms with van der Waals surface area (Å²) in [4.78, 5) is 29.2. The van der Waals surface area contributed by atoms with Crippen molar-refractivity contribution in [3.63, 3.8) is 0 Å². The average molecular weight is 459 g/mol. The molecule has 1 aromatic carbocycles. The molecule has 1 fully saturated rings. The first-order valence-electron chi connectivity index (χ1n) is 10.7. The highest BCUT2D eigenvalue weighted by molar-refractivity contribution is 5.96. The minimum Gasteiger partial charge on any atom is -0.480 e. The zero-order valence-electron chi connectivity index (χ0n) is 19.5. The fourth-order valence-corrected chi connectivity index (χ4v) is 3.70. The molecular weight excluding hydrogens is 432 g/mol. The lowest BCUT2D eigenvalue weighted by Gasteiger charge is -2.37. The molecule has 0 bridgehead atoms. The normalized spacial score (nSPS) is 13.5. The van der Waals surface area contributed by atoms with E-state index in [2.05, 4.69) is 43.6 Å². The van der Waals surface area contributed by atoms with Crippen LogP contribution in [0.1, 0.15) is 15.9 Å². The second kappa shape index (κ2) is 9.72. The molecule has 10 heteroatoms. The van der Waals surface area contributed by atoms with Gasteiger partial charge in [-0.2, -0.15) is 10.2 Å². The summed E-state index contributed by atoms with van der Waals surface area (Å²) in [5, 5.41) is 16.1. The summed E-state index contributed by atoms with van der Waals surface area (Å²) in [5.41, 5.74) is 3.21. The molecule has 2 aromatic heterocycles. The monoisotopic (exact) mass is 458 g/mol. The number of hydrogen-bond acceptors (Lipinski definition) is 9. The Balaban J connectivity index is 1.54. The number of ether oxygens (including phenoxy) is 1. The quantitative estimate of drug-likeness (QED) is 0.550. The number of likely N-dealkylation sites (tertiary alicyclic amines) is 1. The Bertz CT molecular complexity index is 1250. The third kappa shape index (κ3) is 4.89. The Morgan fingerprint density at radius 1 is 1.21 bits per heavy atom. The van der Waals surface area contributed by atoms with Crippen molar-refractivity contribution in [2.24, 2.45) is 0 Å².